The second-order valence-corrected chi connectivity index (χ2v) is 2.93. The number of hydrogen-bond acceptors (Lipinski definition) is 0. The molecule has 0 unspecified atom stereocenters. The topological polar surface area (TPSA) is 0 Å². The van der Waals surface area contributed by atoms with Gasteiger partial charge >= 0.3 is 24.8 Å². The van der Waals surface area contributed by atoms with Crippen LogP contribution in [0.4, 0.5) is 0 Å². The Balaban J connectivity index is -0.000000165. The van der Waals surface area contributed by atoms with Crippen molar-refractivity contribution in [3.8, 4) is 0 Å². The van der Waals surface area contributed by atoms with Gasteiger partial charge in [-0.25, -0.2) is 23.3 Å². The molecule has 88 valence electrons. The molecular formula is C13H16Cl2Ti-2. The van der Waals surface area contributed by atoms with Gasteiger partial charge in [0.25, 0.3) is 0 Å². The van der Waals surface area contributed by atoms with E-state index < -0.39 is 0 Å². The largest absolute Gasteiger partial charge is 1.00 e. The van der Waals surface area contributed by atoms with Crippen LogP contribution in [-0.2, 0) is 20.0 Å². The van der Waals surface area contributed by atoms with E-state index in [4.69, 9.17) is 0 Å². The zero-order valence-corrected chi connectivity index (χ0v) is 12.8. The first-order chi connectivity index (χ1) is 6.79. The van der Waals surface area contributed by atoms with Crippen molar-refractivity contribution in [3.05, 3.63) is 47.6 Å². The zero-order chi connectivity index (χ0) is 10.8. The van der Waals surface area contributed by atoms with Crippen LogP contribution in [0.25, 0.3) is 0 Å². The maximum Gasteiger partial charge on any atom is -1.00 e. The van der Waals surface area contributed by atoms with Crippen LogP contribution in [-0.4, -0.2) is 4.82 Å². The summed E-state index contributed by atoms with van der Waals surface area (Å²) in [4.78, 5) is 3.25. The fraction of sp³-hybridized carbons (Fsp3) is 0.308. The van der Waals surface area contributed by atoms with E-state index >= 15 is 0 Å². The van der Waals surface area contributed by atoms with Gasteiger partial charge in [-0.05, 0) is 0 Å². The molecule has 0 aromatic heterocycles. The maximum atomic E-state index is 3.25. The van der Waals surface area contributed by atoms with Gasteiger partial charge in [-0.15, -0.1) is 12.8 Å². The molecule has 0 bridgehead atoms. The number of hydrogen-bond donors (Lipinski definition) is 0. The van der Waals surface area contributed by atoms with Crippen LogP contribution in [0.2, 0.25) is 0 Å². The van der Waals surface area contributed by atoms with Crippen molar-refractivity contribution >= 4 is 4.82 Å². The Hall–Kier alpha value is 0.124. The SMILES string of the molecule is CC1=[C-]CC=C1.CC1=[C-]CC=C1.[CH2]=[Ti+2].[Cl-].[Cl-]. The quantitative estimate of drug-likeness (QED) is 0.338. The smallest absolute Gasteiger partial charge is 1.00 e. The summed E-state index contributed by atoms with van der Waals surface area (Å²) >= 11 is 1.75. The Labute approximate surface area is 123 Å². The Bertz CT molecular complexity index is 242. The van der Waals surface area contributed by atoms with E-state index in [-0.39, 0.29) is 24.8 Å². The molecule has 3 heteroatoms. The molecule has 0 aromatic rings. The van der Waals surface area contributed by atoms with E-state index in [1.54, 1.807) is 20.0 Å². The first-order valence-corrected chi connectivity index (χ1v) is 5.73. The van der Waals surface area contributed by atoms with Gasteiger partial charge in [-0.2, -0.15) is 12.2 Å². The van der Waals surface area contributed by atoms with Crippen LogP contribution >= 0.6 is 0 Å². The van der Waals surface area contributed by atoms with E-state index in [0.717, 1.165) is 12.8 Å². The summed E-state index contributed by atoms with van der Waals surface area (Å²) in [6, 6.07) is 0. The zero-order valence-electron chi connectivity index (χ0n) is 9.69. The number of halogens is 2. The molecule has 0 amide bonds. The molecule has 2 aliphatic rings. The summed E-state index contributed by atoms with van der Waals surface area (Å²) < 4.78 is 0. The van der Waals surface area contributed by atoms with Crippen molar-refractivity contribution in [3.63, 3.8) is 0 Å². The normalized spacial score (nSPS) is 14.2. The predicted octanol–water partition coefficient (Wildman–Crippen LogP) is -2.64. The molecular weight excluding hydrogens is 275 g/mol. The van der Waals surface area contributed by atoms with Crippen LogP contribution < -0.4 is 24.8 Å². The standard InChI is InChI=1S/2C6H7.CH2.2ClH.Ti/c2*1-6-4-2-3-5-6;;;;/h2*2,4H,3H2,1H3;1H2;2*1H;/q2*-1;;;;+2/p-2. The maximum absolute atomic E-state index is 3.25. The Kier molecular flexibility index (Phi) is 20.2. The summed E-state index contributed by atoms with van der Waals surface area (Å²) in [5, 5.41) is 0. The molecule has 0 heterocycles. The number of rotatable bonds is 0. The van der Waals surface area contributed by atoms with E-state index in [0.29, 0.717) is 0 Å². The van der Waals surface area contributed by atoms with Crippen molar-refractivity contribution in [2.75, 3.05) is 0 Å². The summed E-state index contributed by atoms with van der Waals surface area (Å²) in [5.74, 6) is 0. The molecule has 0 saturated heterocycles. The summed E-state index contributed by atoms with van der Waals surface area (Å²) in [5.41, 5.74) is 2.55. The first kappa shape index (κ1) is 21.4. The van der Waals surface area contributed by atoms with Gasteiger partial charge in [-0.3, -0.25) is 12.2 Å². The summed E-state index contributed by atoms with van der Waals surface area (Å²) in [6.07, 6.45) is 16.7. The second-order valence-electron chi connectivity index (χ2n) is 2.93. The Morgan fingerprint density at radius 2 is 1.25 bits per heavy atom. The molecule has 16 heavy (non-hydrogen) atoms. The summed E-state index contributed by atoms with van der Waals surface area (Å²) in [6.45, 7) is 4.12. The molecule has 0 aliphatic heterocycles. The van der Waals surface area contributed by atoms with Gasteiger partial charge in [0.1, 0.15) is 0 Å². The molecule has 0 nitrogen and oxygen atoms in total. The minimum atomic E-state index is 0. The Morgan fingerprint density at radius 1 is 0.938 bits per heavy atom. The first-order valence-electron chi connectivity index (χ1n) is 4.62. The van der Waals surface area contributed by atoms with Gasteiger partial charge in [0.2, 0.25) is 0 Å². The molecule has 0 fully saturated rings. The van der Waals surface area contributed by atoms with Crippen LogP contribution in [0, 0.1) is 12.2 Å². The van der Waals surface area contributed by atoms with Gasteiger partial charge in [0, 0.05) is 0 Å². The van der Waals surface area contributed by atoms with E-state index in [1.807, 2.05) is 0 Å². The van der Waals surface area contributed by atoms with Gasteiger partial charge < -0.3 is 24.8 Å². The third kappa shape index (κ3) is 12.2. The van der Waals surface area contributed by atoms with Crippen molar-refractivity contribution < 1.29 is 44.8 Å². The van der Waals surface area contributed by atoms with Crippen molar-refractivity contribution in [2.45, 2.75) is 26.7 Å². The van der Waals surface area contributed by atoms with Gasteiger partial charge in [-0.1, -0.05) is 13.8 Å². The number of allylic oxidation sites excluding steroid dienone is 8. The van der Waals surface area contributed by atoms with Crippen LogP contribution in [0.15, 0.2) is 35.5 Å². The van der Waals surface area contributed by atoms with E-state index in [9.17, 15) is 0 Å². The van der Waals surface area contributed by atoms with E-state index in [1.165, 1.54) is 11.1 Å². The average molecular weight is 291 g/mol. The minimum Gasteiger partial charge on any atom is -1.00 e. The summed E-state index contributed by atoms with van der Waals surface area (Å²) in [7, 11) is 0. The predicted molar refractivity (Wildman–Crippen MR) is 59.5 cm³/mol. The van der Waals surface area contributed by atoms with Crippen molar-refractivity contribution in [2.24, 2.45) is 0 Å². The van der Waals surface area contributed by atoms with Gasteiger partial charge in [0.05, 0.1) is 0 Å². The molecule has 0 radical (unpaired) electrons. The third-order valence-corrected chi connectivity index (χ3v) is 1.73. The van der Waals surface area contributed by atoms with Gasteiger partial charge in [0.15, 0.2) is 0 Å². The molecule has 2 aliphatic carbocycles. The average Bonchev–Trinajstić information content (AvgIpc) is 2.83. The molecule has 2 rings (SSSR count). The molecule has 0 atom stereocenters. The molecule has 0 aromatic carbocycles. The second kappa shape index (κ2) is 15.1. The van der Waals surface area contributed by atoms with E-state index in [2.05, 4.69) is 55.1 Å². The fourth-order valence-corrected chi connectivity index (χ4v) is 1.03. The third-order valence-electron chi connectivity index (χ3n) is 1.73. The van der Waals surface area contributed by atoms with Crippen molar-refractivity contribution in [1.82, 2.24) is 0 Å². The van der Waals surface area contributed by atoms with Crippen LogP contribution in [0.3, 0.4) is 0 Å². The van der Waals surface area contributed by atoms with Crippen molar-refractivity contribution in [1.29, 1.82) is 0 Å². The molecule has 0 N–H and O–H groups in total. The minimum absolute atomic E-state index is 0. The monoisotopic (exact) mass is 290 g/mol. The molecule has 0 spiro atoms. The van der Waals surface area contributed by atoms with Crippen LogP contribution in [0.1, 0.15) is 26.7 Å². The fourth-order valence-electron chi connectivity index (χ4n) is 1.03. The molecule has 0 saturated carbocycles. The van der Waals surface area contributed by atoms with Crippen LogP contribution in [0.5, 0.6) is 0 Å². The Morgan fingerprint density at radius 3 is 1.31 bits per heavy atom.